The molecule has 0 spiro atoms. The second-order valence-electron chi connectivity index (χ2n) is 7.25. The van der Waals surface area contributed by atoms with Crippen LogP contribution in [0.5, 0.6) is 0 Å². The fraction of sp³-hybridized carbons (Fsp3) is 0.300. The summed E-state index contributed by atoms with van der Waals surface area (Å²) in [5, 5.41) is 3.01. The molecule has 18 heteroatoms. The van der Waals surface area contributed by atoms with E-state index in [1.165, 1.54) is 59.2 Å². The first-order valence-corrected chi connectivity index (χ1v) is 11.9. The molecule has 2 atom stereocenters. The number of amides is 4. The molecule has 0 saturated carbocycles. The summed E-state index contributed by atoms with van der Waals surface area (Å²) in [6, 6.07) is 7.95. The number of hydrogen-bond donors (Lipinski definition) is 2. The van der Waals surface area contributed by atoms with Crippen molar-refractivity contribution in [2.75, 3.05) is 23.9 Å². The van der Waals surface area contributed by atoms with Gasteiger partial charge in [-0.2, -0.15) is 26.3 Å². The zero-order valence-electron chi connectivity index (χ0n) is 19.2. The molecule has 2 aromatic rings. The van der Waals surface area contributed by atoms with E-state index in [1.807, 2.05) is 0 Å². The van der Waals surface area contributed by atoms with Crippen molar-refractivity contribution in [1.29, 1.82) is 0 Å². The summed E-state index contributed by atoms with van der Waals surface area (Å²) in [4.78, 5) is 25.9. The van der Waals surface area contributed by atoms with Crippen LogP contribution in [-0.2, 0) is 13.6 Å². The Morgan fingerprint density at radius 2 is 1.13 bits per heavy atom. The molecule has 2 rings (SSSR count). The average molecular weight is 610 g/mol. The highest BCUT2D eigenvalue weighted by Gasteiger charge is 2.53. The van der Waals surface area contributed by atoms with Gasteiger partial charge in [-0.05, 0) is 36.4 Å². The van der Waals surface area contributed by atoms with E-state index in [0.717, 1.165) is 14.1 Å². The molecule has 0 saturated heterocycles. The number of carbonyl (C=O) groups is 2. The van der Waals surface area contributed by atoms with E-state index >= 15 is 0 Å². The van der Waals surface area contributed by atoms with Crippen LogP contribution in [0.2, 0.25) is 10.0 Å². The zero-order chi connectivity index (χ0) is 28.8. The fourth-order valence-corrected chi connectivity index (χ4v) is 3.66. The Balaban J connectivity index is 2.12. The normalized spacial score (nSPS) is 13.8. The first-order valence-electron chi connectivity index (χ1n) is 10.0. The molecule has 0 radical (unpaired) electrons. The average Bonchev–Trinajstić information content (AvgIpc) is 2.80. The molecular formula is C20H18Cl2F6N4O5P+. The minimum atomic E-state index is -5.43. The third kappa shape index (κ3) is 9.17. The maximum atomic E-state index is 13.4. The van der Waals surface area contributed by atoms with Crippen molar-refractivity contribution in [3.63, 3.8) is 0 Å². The van der Waals surface area contributed by atoms with Crippen molar-refractivity contribution >= 4 is 54.9 Å². The molecule has 2 unspecified atom stereocenters. The number of benzene rings is 2. The first kappa shape index (κ1) is 31.4. The molecule has 0 bridgehead atoms. The largest absolute Gasteiger partial charge is 0.702 e. The third-order valence-corrected chi connectivity index (χ3v) is 5.72. The Labute approximate surface area is 222 Å². The standard InChI is InChI=1S/C20H17Cl2F6N4O5P/c1-31(13-7-3-5-11(21)9-13)17(33)29-15(19(23,24)25)36-38(35)37-16(20(26,27)28)30-18(34)32(2)14-8-4-6-12(22)10-14/h3-10,15-16H,1-2H3,(H-,29,30,33,34)/p+1. The van der Waals surface area contributed by atoms with Crippen molar-refractivity contribution in [1.82, 2.24) is 10.6 Å². The number of nitrogens with zero attached hydrogens (tertiary/aromatic N) is 2. The Morgan fingerprint density at radius 3 is 1.42 bits per heavy atom. The van der Waals surface area contributed by atoms with Crippen LogP contribution < -0.4 is 20.4 Å². The Hall–Kier alpha value is -2.84. The van der Waals surface area contributed by atoms with Gasteiger partial charge in [0.15, 0.2) is 0 Å². The second-order valence-corrected chi connectivity index (χ2v) is 9.00. The quantitative estimate of drug-likeness (QED) is 0.203. The molecular weight excluding hydrogens is 592 g/mol. The summed E-state index contributed by atoms with van der Waals surface area (Å²) in [6.45, 7) is 0. The van der Waals surface area contributed by atoms with Crippen LogP contribution >= 0.6 is 31.5 Å². The number of urea groups is 2. The maximum Gasteiger partial charge on any atom is 0.702 e. The maximum absolute atomic E-state index is 13.4. The summed E-state index contributed by atoms with van der Waals surface area (Å²) >= 11 is 11.5. The van der Waals surface area contributed by atoms with Crippen molar-refractivity contribution in [3.05, 3.63) is 58.6 Å². The molecule has 0 aliphatic carbocycles. The van der Waals surface area contributed by atoms with Gasteiger partial charge in [0.25, 0.3) is 12.5 Å². The number of alkyl halides is 6. The van der Waals surface area contributed by atoms with E-state index in [4.69, 9.17) is 23.2 Å². The zero-order valence-corrected chi connectivity index (χ0v) is 21.6. The molecule has 4 amide bonds. The van der Waals surface area contributed by atoms with Gasteiger partial charge in [0.05, 0.1) is 0 Å². The molecule has 0 fully saturated rings. The van der Waals surface area contributed by atoms with Crippen molar-refractivity contribution in [2.24, 2.45) is 0 Å². The van der Waals surface area contributed by atoms with E-state index in [9.17, 15) is 40.5 Å². The van der Waals surface area contributed by atoms with Crippen LogP contribution in [0.4, 0.5) is 47.3 Å². The lowest BCUT2D eigenvalue weighted by molar-refractivity contribution is -0.214. The van der Waals surface area contributed by atoms with Crippen LogP contribution in [0.15, 0.2) is 48.5 Å². The van der Waals surface area contributed by atoms with E-state index < -0.39 is 45.1 Å². The van der Waals surface area contributed by atoms with Gasteiger partial charge in [-0.25, -0.2) is 9.59 Å². The highest BCUT2D eigenvalue weighted by Crippen LogP contribution is 2.37. The number of hydrogen-bond acceptors (Lipinski definition) is 5. The smallest absolute Gasteiger partial charge is 0.300 e. The van der Waals surface area contributed by atoms with Crippen molar-refractivity contribution in [2.45, 2.75) is 24.8 Å². The van der Waals surface area contributed by atoms with E-state index in [0.29, 0.717) is 9.80 Å². The van der Waals surface area contributed by atoms with Crippen LogP contribution in [0.3, 0.4) is 0 Å². The highest BCUT2D eigenvalue weighted by molar-refractivity contribution is 7.33. The molecule has 0 heterocycles. The van der Waals surface area contributed by atoms with Crippen molar-refractivity contribution in [3.8, 4) is 0 Å². The number of carbonyl (C=O) groups excluding carboxylic acids is 2. The molecule has 0 aliphatic heterocycles. The number of anilines is 2. The topological polar surface area (TPSA) is 100 Å². The third-order valence-electron chi connectivity index (χ3n) is 4.49. The van der Waals surface area contributed by atoms with Gasteiger partial charge in [0, 0.05) is 40.1 Å². The molecule has 2 N–H and O–H groups in total. The van der Waals surface area contributed by atoms with Gasteiger partial charge >= 0.3 is 32.7 Å². The van der Waals surface area contributed by atoms with Gasteiger partial charge in [0.1, 0.15) is 0 Å². The Morgan fingerprint density at radius 1 is 0.789 bits per heavy atom. The summed E-state index contributed by atoms with van der Waals surface area (Å²) in [6.07, 6.45) is -17.6. The van der Waals surface area contributed by atoms with Gasteiger partial charge < -0.3 is 10.6 Å². The summed E-state index contributed by atoms with van der Waals surface area (Å²) in [5.41, 5.74) is 0.112. The van der Waals surface area contributed by atoms with Gasteiger partial charge in [-0.3, -0.25) is 9.80 Å². The molecule has 38 heavy (non-hydrogen) atoms. The van der Waals surface area contributed by atoms with Gasteiger partial charge in [0.2, 0.25) is 0 Å². The van der Waals surface area contributed by atoms with Gasteiger partial charge in [-0.1, -0.05) is 44.4 Å². The lowest BCUT2D eigenvalue weighted by Crippen LogP contribution is -2.52. The minimum absolute atomic E-state index is 0.0558. The molecule has 0 aromatic heterocycles. The van der Waals surface area contributed by atoms with Crippen LogP contribution in [0, 0.1) is 0 Å². The van der Waals surface area contributed by atoms with Crippen LogP contribution in [0.1, 0.15) is 0 Å². The SMILES string of the molecule is CN(C(=O)NC(O[P+](=O)OC(NC(=O)N(C)c1cccc(Cl)c1)C(F)(F)F)C(F)(F)F)c1cccc(Cl)c1. The Bertz CT molecular complexity index is 1090. The lowest BCUT2D eigenvalue weighted by atomic mass is 10.3. The predicted octanol–water partition coefficient (Wildman–Crippen LogP) is 6.45. The molecule has 208 valence electrons. The van der Waals surface area contributed by atoms with Crippen LogP contribution in [0.25, 0.3) is 0 Å². The second kappa shape index (κ2) is 12.8. The van der Waals surface area contributed by atoms with E-state index in [-0.39, 0.29) is 21.4 Å². The number of nitrogens with one attached hydrogen (secondary N) is 2. The fourth-order valence-electron chi connectivity index (χ4n) is 2.55. The number of rotatable bonds is 8. The summed E-state index contributed by atoms with van der Waals surface area (Å²) in [7, 11) is -2.07. The highest BCUT2D eigenvalue weighted by atomic mass is 35.5. The molecule has 0 aliphatic rings. The van der Waals surface area contributed by atoms with Crippen molar-refractivity contribution < 1.29 is 49.5 Å². The predicted molar refractivity (Wildman–Crippen MR) is 126 cm³/mol. The minimum Gasteiger partial charge on any atom is -0.300 e. The molecule has 2 aromatic carbocycles. The number of halogens is 8. The van der Waals surface area contributed by atoms with Gasteiger partial charge in [-0.15, -0.1) is 0 Å². The summed E-state index contributed by atoms with van der Waals surface area (Å²) in [5.74, 6) is 0. The Kier molecular flexibility index (Phi) is 10.6. The monoisotopic (exact) mass is 609 g/mol. The molecule has 9 nitrogen and oxygen atoms in total. The lowest BCUT2D eigenvalue weighted by Gasteiger charge is -2.23. The van der Waals surface area contributed by atoms with E-state index in [2.05, 4.69) is 9.05 Å². The first-order chi connectivity index (χ1) is 17.5. The van der Waals surface area contributed by atoms with E-state index in [1.54, 1.807) is 0 Å². The summed E-state index contributed by atoms with van der Waals surface area (Å²) < 4.78 is 101. The van der Waals surface area contributed by atoms with Crippen LogP contribution in [-0.4, -0.2) is 51.0 Å².